The summed E-state index contributed by atoms with van der Waals surface area (Å²) in [6, 6.07) is 0. The Bertz CT molecular complexity index is 852. The molecule has 2 unspecified atom stereocenters. The minimum Gasteiger partial charge on any atom is -0.481 e. The first-order valence-corrected chi connectivity index (χ1v) is 29.2. The number of carboxylic acids is 1. The van der Waals surface area contributed by atoms with Crippen molar-refractivity contribution in [2.45, 2.75) is 354 Å². The summed E-state index contributed by atoms with van der Waals surface area (Å²) in [6.07, 6.45) is 73.8. The van der Waals surface area contributed by atoms with Crippen LogP contribution in [-0.4, -0.2) is 22.3 Å². The zero-order chi connectivity index (χ0) is 44.9. The Hall–Kier alpha value is -0.830. The number of hydrogen-bond donors (Lipinski definition) is 2. The van der Waals surface area contributed by atoms with E-state index in [1.54, 1.807) is 0 Å². The summed E-state index contributed by atoms with van der Waals surface area (Å²) in [4.78, 5) is 11.9. The fourth-order valence-corrected chi connectivity index (χ4v) is 9.73. The lowest BCUT2D eigenvalue weighted by Gasteiger charge is -2.19. The molecule has 0 heterocycles. The molecular formula is C59H116O3. The van der Waals surface area contributed by atoms with Crippen LogP contribution in [0.1, 0.15) is 348 Å². The van der Waals surface area contributed by atoms with Gasteiger partial charge < -0.3 is 10.2 Å². The lowest BCUT2D eigenvalue weighted by atomic mass is 9.91. The van der Waals surface area contributed by atoms with Crippen molar-refractivity contribution in [1.29, 1.82) is 0 Å². The highest BCUT2D eigenvalue weighted by molar-refractivity contribution is 5.70. The molecule has 0 saturated carbocycles. The first-order valence-electron chi connectivity index (χ1n) is 29.2. The molecule has 62 heavy (non-hydrogen) atoms. The first kappa shape index (κ1) is 61.2. The molecule has 0 aliphatic heterocycles. The second-order valence-electron chi connectivity index (χ2n) is 20.4. The van der Waals surface area contributed by atoms with Crippen LogP contribution in [0.5, 0.6) is 0 Å². The minimum absolute atomic E-state index is 0.583. The second-order valence-corrected chi connectivity index (χ2v) is 20.4. The van der Waals surface area contributed by atoms with Crippen LogP contribution in [0.3, 0.4) is 0 Å². The normalized spacial score (nSPS) is 12.8. The average molecular weight is 874 g/mol. The molecule has 2 atom stereocenters. The highest BCUT2D eigenvalue weighted by Gasteiger charge is 2.25. The van der Waals surface area contributed by atoms with Crippen LogP contribution in [0.15, 0.2) is 12.2 Å². The summed E-state index contributed by atoms with van der Waals surface area (Å²) in [7, 11) is 0. The number of aliphatic hydroxyl groups excluding tert-OH is 1. The molecule has 0 amide bonds. The van der Waals surface area contributed by atoms with E-state index in [9.17, 15) is 15.0 Å². The van der Waals surface area contributed by atoms with Gasteiger partial charge in [0.25, 0.3) is 0 Å². The second kappa shape index (κ2) is 54.5. The fourth-order valence-electron chi connectivity index (χ4n) is 9.73. The van der Waals surface area contributed by atoms with E-state index in [1.165, 1.54) is 295 Å². The van der Waals surface area contributed by atoms with Gasteiger partial charge in [-0.3, -0.25) is 4.79 Å². The predicted molar refractivity (Wildman–Crippen MR) is 278 cm³/mol. The number of aliphatic hydroxyl groups is 1. The van der Waals surface area contributed by atoms with Crippen LogP contribution in [-0.2, 0) is 4.79 Å². The quantitative estimate of drug-likeness (QED) is 0.0473. The van der Waals surface area contributed by atoms with E-state index in [4.69, 9.17) is 0 Å². The molecule has 0 aromatic carbocycles. The Morgan fingerprint density at radius 3 is 0.726 bits per heavy atom. The Morgan fingerprint density at radius 2 is 0.500 bits per heavy atom. The molecule has 0 radical (unpaired) electrons. The van der Waals surface area contributed by atoms with E-state index in [2.05, 4.69) is 26.0 Å². The largest absolute Gasteiger partial charge is 0.481 e. The van der Waals surface area contributed by atoms with E-state index < -0.39 is 18.0 Å². The van der Waals surface area contributed by atoms with Crippen molar-refractivity contribution in [3.8, 4) is 0 Å². The van der Waals surface area contributed by atoms with Gasteiger partial charge in [-0.2, -0.15) is 0 Å². The summed E-state index contributed by atoms with van der Waals surface area (Å²) in [6.45, 7) is 4.60. The van der Waals surface area contributed by atoms with Crippen molar-refractivity contribution in [2.75, 3.05) is 0 Å². The third-order valence-electron chi connectivity index (χ3n) is 14.2. The SMILES string of the molecule is CCCCCCCCCCCCCCCC/C=C\CCCCCCCCCCCCCCC(O)C(CCCCCCCCCCCCCCCCCCCCCCCC)C(=O)O. The van der Waals surface area contributed by atoms with Crippen molar-refractivity contribution in [3.63, 3.8) is 0 Å². The molecule has 0 aromatic heterocycles. The van der Waals surface area contributed by atoms with Crippen molar-refractivity contribution < 1.29 is 15.0 Å². The molecule has 2 N–H and O–H groups in total. The zero-order valence-electron chi connectivity index (χ0n) is 42.9. The molecule has 0 aliphatic carbocycles. The number of carboxylic acid groups (broad SMARTS) is 1. The Labute approximate surface area is 391 Å². The van der Waals surface area contributed by atoms with E-state index in [0.29, 0.717) is 12.8 Å². The van der Waals surface area contributed by atoms with Gasteiger partial charge in [0.15, 0.2) is 0 Å². The van der Waals surface area contributed by atoms with E-state index in [0.717, 1.165) is 25.7 Å². The first-order chi connectivity index (χ1) is 30.6. The lowest BCUT2D eigenvalue weighted by Crippen LogP contribution is -2.28. The standard InChI is InChI=1S/C59H116O3/c1-3-5-7-9-11-13-15-17-19-21-23-25-27-28-29-30-31-32-33-34-36-38-40-42-44-46-48-50-52-54-56-58(60)57(59(61)62)55-53-51-49-47-45-43-41-39-37-35-26-24-22-20-18-16-14-12-10-8-6-4-2/h30-31,57-58,60H,3-29,32-56H2,1-2H3,(H,61,62)/b31-30-. The third-order valence-corrected chi connectivity index (χ3v) is 14.2. The smallest absolute Gasteiger partial charge is 0.309 e. The lowest BCUT2D eigenvalue weighted by molar-refractivity contribution is -0.146. The molecule has 3 heteroatoms. The summed E-state index contributed by atoms with van der Waals surface area (Å²) in [5.41, 5.74) is 0. The van der Waals surface area contributed by atoms with Crippen LogP contribution >= 0.6 is 0 Å². The number of carbonyl (C=O) groups is 1. The van der Waals surface area contributed by atoms with Gasteiger partial charge in [-0.15, -0.1) is 0 Å². The van der Waals surface area contributed by atoms with Crippen LogP contribution in [0.4, 0.5) is 0 Å². The molecule has 0 spiro atoms. The number of aliphatic carboxylic acids is 1. The number of allylic oxidation sites excluding steroid dienone is 2. The van der Waals surface area contributed by atoms with E-state index in [-0.39, 0.29) is 0 Å². The van der Waals surface area contributed by atoms with Gasteiger partial charge in [-0.05, 0) is 38.5 Å². The van der Waals surface area contributed by atoms with Crippen molar-refractivity contribution in [1.82, 2.24) is 0 Å². The maximum absolute atomic E-state index is 11.9. The minimum atomic E-state index is -0.802. The van der Waals surface area contributed by atoms with Gasteiger partial charge in [0, 0.05) is 0 Å². The molecule has 0 saturated heterocycles. The van der Waals surface area contributed by atoms with Crippen molar-refractivity contribution in [2.24, 2.45) is 5.92 Å². The van der Waals surface area contributed by atoms with Crippen LogP contribution in [0.25, 0.3) is 0 Å². The zero-order valence-corrected chi connectivity index (χ0v) is 42.9. The summed E-state index contributed by atoms with van der Waals surface area (Å²) < 4.78 is 0. The maximum Gasteiger partial charge on any atom is 0.309 e. The average Bonchev–Trinajstić information content (AvgIpc) is 3.27. The molecular weight excluding hydrogens is 757 g/mol. The molecule has 0 bridgehead atoms. The highest BCUT2D eigenvalue weighted by atomic mass is 16.4. The van der Waals surface area contributed by atoms with Gasteiger partial charge in [0.05, 0.1) is 12.0 Å². The molecule has 0 aromatic rings. The summed E-state index contributed by atoms with van der Waals surface area (Å²) in [5, 5.41) is 20.4. The summed E-state index contributed by atoms with van der Waals surface area (Å²) >= 11 is 0. The van der Waals surface area contributed by atoms with E-state index in [1.807, 2.05) is 0 Å². The van der Waals surface area contributed by atoms with Gasteiger partial charge in [0.2, 0.25) is 0 Å². The van der Waals surface area contributed by atoms with Gasteiger partial charge in [-0.25, -0.2) is 0 Å². The third kappa shape index (κ3) is 50.2. The molecule has 3 nitrogen and oxygen atoms in total. The van der Waals surface area contributed by atoms with E-state index >= 15 is 0 Å². The van der Waals surface area contributed by atoms with Crippen LogP contribution in [0, 0.1) is 5.92 Å². The summed E-state index contributed by atoms with van der Waals surface area (Å²) in [5.74, 6) is -1.39. The van der Waals surface area contributed by atoms with Gasteiger partial charge in [-0.1, -0.05) is 321 Å². The molecule has 370 valence electrons. The Kier molecular flexibility index (Phi) is 53.8. The Balaban J connectivity index is 3.41. The molecule has 0 fully saturated rings. The van der Waals surface area contributed by atoms with Crippen molar-refractivity contribution >= 4 is 5.97 Å². The van der Waals surface area contributed by atoms with Gasteiger partial charge >= 0.3 is 5.97 Å². The molecule has 0 rings (SSSR count). The number of hydrogen-bond acceptors (Lipinski definition) is 2. The molecule has 0 aliphatic rings. The Morgan fingerprint density at radius 1 is 0.306 bits per heavy atom. The number of unbranched alkanes of at least 4 members (excludes halogenated alkanes) is 47. The topological polar surface area (TPSA) is 57.5 Å². The predicted octanol–water partition coefficient (Wildman–Crippen LogP) is 20.9. The van der Waals surface area contributed by atoms with Gasteiger partial charge in [0.1, 0.15) is 0 Å². The monoisotopic (exact) mass is 873 g/mol. The highest BCUT2D eigenvalue weighted by Crippen LogP contribution is 2.22. The fraction of sp³-hybridized carbons (Fsp3) is 0.949. The van der Waals surface area contributed by atoms with Crippen LogP contribution < -0.4 is 0 Å². The van der Waals surface area contributed by atoms with Crippen LogP contribution in [0.2, 0.25) is 0 Å². The number of rotatable bonds is 55. The maximum atomic E-state index is 11.9. The van der Waals surface area contributed by atoms with Crippen molar-refractivity contribution in [3.05, 3.63) is 12.2 Å².